The average molecular weight is 554 g/mol. The van der Waals surface area contributed by atoms with Crippen LogP contribution >= 0.6 is 22.9 Å². The Hall–Kier alpha value is -4.46. The molecule has 4 aromatic carbocycles. The van der Waals surface area contributed by atoms with E-state index in [1.165, 1.54) is 16.7 Å². The lowest BCUT2D eigenvalue weighted by atomic mass is 9.77. The number of benzene rings is 4. The summed E-state index contributed by atoms with van der Waals surface area (Å²) in [7, 11) is 0. The highest BCUT2D eigenvalue weighted by molar-refractivity contribution is 7.11. The molecule has 0 bridgehead atoms. The number of carboxylic acids is 1. The molecule has 0 aliphatic carbocycles. The van der Waals surface area contributed by atoms with Crippen LogP contribution in [0, 0.1) is 0 Å². The second-order valence-electron chi connectivity index (χ2n) is 8.83. The van der Waals surface area contributed by atoms with E-state index in [0.29, 0.717) is 10.4 Å². The van der Waals surface area contributed by atoms with Crippen molar-refractivity contribution >= 4 is 35.1 Å². The molecular formula is C31H24ClN3O3S. The summed E-state index contributed by atoms with van der Waals surface area (Å²) in [6, 6.07) is 36.6. The van der Waals surface area contributed by atoms with Gasteiger partial charge in [-0.25, -0.2) is 4.79 Å². The number of hydrazone groups is 1. The molecule has 194 valence electrons. The van der Waals surface area contributed by atoms with Gasteiger partial charge in [0.2, 0.25) is 0 Å². The van der Waals surface area contributed by atoms with Crippen LogP contribution in [0.5, 0.6) is 0 Å². The second kappa shape index (κ2) is 11.5. The third kappa shape index (κ3) is 5.41. The molecule has 5 rings (SSSR count). The third-order valence-electron chi connectivity index (χ3n) is 6.41. The topological polar surface area (TPSA) is 83.7 Å². The van der Waals surface area contributed by atoms with Crippen molar-refractivity contribution in [2.24, 2.45) is 5.10 Å². The molecule has 0 amide bonds. The largest absolute Gasteiger partial charge is 0.478 e. The summed E-state index contributed by atoms with van der Waals surface area (Å²) >= 11 is 7.60. The summed E-state index contributed by atoms with van der Waals surface area (Å²) in [5.41, 5.74) is 6.39. The number of aromatic nitrogens is 1. The van der Waals surface area contributed by atoms with Gasteiger partial charge >= 0.3 is 10.8 Å². The van der Waals surface area contributed by atoms with Crippen LogP contribution in [-0.2, 0) is 12.1 Å². The lowest BCUT2D eigenvalue weighted by molar-refractivity contribution is 0.0696. The predicted octanol–water partition coefficient (Wildman–Crippen LogP) is 6.23. The van der Waals surface area contributed by atoms with Gasteiger partial charge in [0, 0.05) is 0 Å². The quantitative estimate of drug-likeness (QED) is 0.129. The molecule has 0 saturated carbocycles. The van der Waals surface area contributed by atoms with Crippen molar-refractivity contribution in [3.63, 3.8) is 0 Å². The van der Waals surface area contributed by atoms with Crippen molar-refractivity contribution in [2.75, 3.05) is 0 Å². The Balaban J connectivity index is 1.52. The van der Waals surface area contributed by atoms with Crippen molar-refractivity contribution in [1.29, 1.82) is 0 Å². The molecule has 0 fully saturated rings. The van der Waals surface area contributed by atoms with Crippen molar-refractivity contribution in [2.45, 2.75) is 12.1 Å². The SMILES string of the molecule is O=C(O)c1cccc(Cn2c(Cl)c(/C=N/NC(c3ccccc3)(c3ccccc3)c3ccccc3)sc2=O)c1. The molecule has 0 radical (unpaired) electrons. The van der Waals surface area contributed by atoms with E-state index in [9.17, 15) is 14.7 Å². The van der Waals surface area contributed by atoms with E-state index in [2.05, 4.69) is 46.9 Å². The molecule has 0 aliphatic rings. The van der Waals surface area contributed by atoms with Gasteiger partial charge < -0.3 is 5.11 Å². The summed E-state index contributed by atoms with van der Waals surface area (Å²) in [6.45, 7) is 0.151. The summed E-state index contributed by atoms with van der Waals surface area (Å²) in [5.74, 6) is -1.03. The van der Waals surface area contributed by atoms with Gasteiger partial charge in [0.1, 0.15) is 10.7 Å². The van der Waals surface area contributed by atoms with Crippen molar-refractivity contribution in [3.8, 4) is 0 Å². The Bertz CT molecular complexity index is 1570. The molecule has 5 aromatic rings. The van der Waals surface area contributed by atoms with Crippen LogP contribution in [0.3, 0.4) is 0 Å². The number of rotatable bonds is 9. The number of nitrogens with zero attached hydrogens (tertiary/aromatic N) is 2. The van der Waals surface area contributed by atoms with E-state index in [-0.39, 0.29) is 22.1 Å². The van der Waals surface area contributed by atoms with Crippen LogP contribution in [0.4, 0.5) is 0 Å². The lowest BCUT2D eigenvalue weighted by Gasteiger charge is -2.35. The molecule has 0 saturated heterocycles. The summed E-state index contributed by atoms with van der Waals surface area (Å²) in [4.78, 5) is 24.4. The van der Waals surface area contributed by atoms with Crippen molar-refractivity contribution in [3.05, 3.63) is 163 Å². The maximum Gasteiger partial charge on any atom is 0.335 e. The van der Waals surface area contributed by atoms with Crippen LogP contribution in [-0.4, -0.2) is 21.9 Å². The maximum atomic E-state index is 12.8. The van der Waals surface area contributed by atoms with Crippen LogP contribution in [0.15, 0.2) is 125 Å². The van der Waals surface area contributed by atoms with Crippen LogP contribution < -0.4 is 10.3 Å². The standard InChI is InChI=1S/C31H24ClN3O3S/c32-28-27(39-30(38)35(28)21-22-11-10-12-23(19-22)29(36)37)20-33-34-31(24-13-4-1-5-14-24,25-15-6-2-7-16-25)26-17-8-3-9-18-26/h1-20,34H,21H2,(H,36,37)/b33-20+. The zero-order valence-electron chi connectivity index (χ0n) is 20.7. The van der Waals surface area contributed by atoms with Gasteiger partial charge in [0.15, 0.2) is 0 Å². The predicted molar refractivity (Wildman–Crippen MR) is 156 cm³/mol. The maximum absolute atomic E-state index is 12.8. The van der Waals surface area contributed by atoms with Gasteiger partial charge in [-0.05, 0) is 34.4 Å². The number of aromatic carboxylic acids is 1. The van der Waals surface area contributed by atoms with Gasteiger partial charge in [0.25, 0.3) is 0 Å². The number of carbonyl (C=O) groups is 1. The molecule has 8 heteroatoms. The molecule has 2 N–H and O–H groups in total. The number of carboxylic acid groups (broad SMARTS) is 1. The summed E-state index contributed by atoms with van der Waals surface area (Å²) in [5, 5.41) is 14.1. The van der Waals surface area contributed by atoms with Gasteiger partial charge in [0.05, 0.1) is 23.2 Å². The van der Waals surface area contributed by atoms with E-state index in [1.807, 2.05) is 54.6 Å². The lowest BCUT2D eigenvalue weighted by Crippen LogP contribution is -2.41. The summed E-state index contributed by atoms with van der Waals surface area (Å²) in [6.07, 6.45) is 1.56. The van der Waals surface area contributed by atoms with Crippen molar-refractivity contribution in [1.82, 2.24) is 9.99 Å². The molecule has 1 aromatic heterocycles. The van der Waals surface area contributed by atoms with E-state index in [0.717, 1.165) is 28.0 Å². The molecule has 0 atom stereocenters. The van der Waals surface area contributed by atoms with Gasteiger partial charge in [-0.3, -0.25) is 14.8 Å². The smallest absolute Gasteiger partial charge is 0.335 e. The fourth-order valence-corrected chi connectivity index (χ4v) is 5.65. The third-order valence-corrected chi connectivity index (χ3v) is 7.84. The molecule has 6 nitrogen and oxygen atoms in total. The minimum absolute atomic E-state index is 0.150. The van der Waals surface area contributed by atoms with Gasteiger partial charge in [-0.2, -0.15) is 5.10 Å². The van der Waals surface area contributed by atoms with Crippen molar-refractivity contribution < 1.29 is 9.90 Å². The Morgan fingerprint density at radius 2 is 1.41 bits per heavy atom. The minimum Gasteiger partial charge on any atom is -0.478 e. The first-order valence-electron chi connectivity index (χ1n) is 12.2. The Labute approximate surface area is 234 Å². The molecule has 0 unspecified atom stereocenters. The van der Waals surface area contributed by atoms with Gasteiger partial charge in [-0.15, -0.1) is 0 Å². The monoisotopic (exact) mass is 553 g/mol. The highest BCUT2D eigenvalue weighted by Gasteiger charge is 2.36. The molecular weight excluding hydrogens is 530 g/mol. The average Bonchev–Trinajstić information content (AvgIpc) is 3.24. The molecule has 0 spiro atoms. The Kier molecular flexibility index (Phi) is 7.72. The Morgan fingerprint density at radius 1 is 0.872 bits per heavy atom. The van der Waals surface area contributed by atoms with E-state index in [4.69, 9.17) is 11.6 Å². The zero-order valence-corrected chi connectivity index (χ0v) is 22.3. The van der Waals surface area contributed by atoms with E-state index < -0.39 is 11.5 Å². The first kappa shape index (κ1) is 26.2. The fourth-order valence-electron chi connectivity index (χ4n) is 4.55. The number of hydrogen-bond acceptors (Lipinski definition) is 5. The van der Waals surface area contributed by atoms with Crippen LogP contribution in [0.25, 0.3) is 0 Å². The number of thiazole rings is 1. The molecule has 1 heterocycles. The molecule has 0 aliphatic heterocycles. The van der Waals surface area contributed by atoms with Gasteiger partial charge in [-0.1, -0.05) is 126 Å². The number of hydrogen-bond donors (Lipinski definition) is 2. The van der Waals surface area contributed by atoms with Crippen LogP contribution in [0.1, 0.15) is 37.5 Å². The number of nitrogens with one attached hydrogen (secondary N) is 1. The fraction of sp³-hybridized carbons (Fsp3) is 0.0645. The highest BCUT2D eigenvalue weighted by atomic mass is 35.5. The van der Waals surface area contributed by atoms with Crippen LogP contribution in [0.2, 0.25) is 5.15 Å². The highest BCUT2D eigenvalue weighted by Crippen LogP contribution is 2.36. The minimum atomic E-state index is -1.03. The zero-order chi connectivity index (χ0) is 27.2. The van der Waals surface area contributed by atoms with E-state index >= 15 is 0 Å². The second-order valence-corrected chi connectivity index (χ2v) is 10.2. The van der Waals surface area contributed by atoms with E-state index in [1.54, 1.807) is 18.3 Å². The first-order valence-corrected chi connectivity index (χ1v) is 13.4. The molecule has 39 heavy (non-hydrogen) atoms. The Morgan fingerprint density at radius 3 is 1.92 bits per heavy atom. The number of halogens is 1. The normalized spacial score (nSPS) is 11.5. The first-order chi connectivity index (χ1) is 19.0. The summed E-state index contributed by atoms with van der Waals surface area (Å²) < 4.78 is 1.41.